The molecular weight excluding hydrogens is 266 g/mol. The third-order valence-corrected chi connectivity index (χ3v) is 3.60. The molecule has 0 aliphatic rings. The first kappa shape index (κ1) is 15.5. The SMILES string of the molecule is CCOC(=O)CCCNc1ccc(S(C)(=O)=O)cc1. The Hall–Kier alpha value is -1.56. The number of nitrogens with one attached hydrogen (secondary N) is 1. The zero-order chi connectivity index (χ0) is 14.3. The van der Waals surface area contributed by atoms with E-state index in [1.165, 1.54) is 6.26 Å². The normalized spacial score (nSPS) is 11.1. The smallest absolute Gasteiger partial charge is 0.305 e. The number of sulfone groups is 1. The summed E-state index contributed by atoms with van der Waals surface area (Å²) >= 11 is 0. The number of hydrogen-bond donors (Lipinski definition) is 1. The summed E-state index contributed by atoms with van der Waals surface area (Å²) in [5.74, 6) is -0.197. The fraction of sp³-hybridized carbons (Fsp3) is 0.462. The number of ether oxygens (including phenoxy) is 1. The molecule has 0 spiro atoms. The van der Waals surface area contributed by atoms with E-state index in [2.05, 4.69) is 5.32 Å². The van der Waals surface area contributed by atoms with Crippen molar-refractivity contribution >= 4 is 21.5 Å². The molecule has 0 radical (unpaired) electrons. The van der Waals surface area contributed by atoms with Gasteiger partial charge < -0.3 is 10.1 Å². The van der Waals surface area contributed by atoms with Gasteiger partial charge in [0, 0.05) is 24.9 Å². The summed E-state index contributed by atoms with van der Waals surface area (Å²) in [6.45, 7) is 2.82. The first-order chi connectivity index (χ1) is 8.93. The van der Waals surface area contributed by atoms with E-state index >= 15 is 0 Å². The first-order valence-electron chi connectivity index (χ1n) is 6.13. The van der Waals surface area contributed by atoms with Crippen LogP contribution in [0.5, 0.6) is 0 Å². The highest BCUT2D eigenvalue weighted by Gasteiger charge is 2.06. The van der Waals surface area contributed by atoms with Crippen LogP contribution < -0.4 is 5.32 Å². The Bertz CT molecular complexity index is 508. The Morgan fingerprint density at radius 1 is 1.26 bits per heavy atom. The average molecular weight is 285 g/mol. The van der Waals surface area contributed by atoms with Crippen molar-refractivity contribution < 1.29 is 17.9 Å². The van der Waals surface area contributed by atoms with E-state index in [-0.39, 0.29) is 5.97 Å². The lowest BCUT2D eigenvalue weighted by molar-refractivity contribution is -0.143. The van der Waals surface area contributed by atoms with Gasteiger partial charge in [-0.2, -0.15) is 0 Å². The lowest BCUT2D eigenvalue weighted by atomic mass is 10.3. The van der Waals surface area contributed by atoms with Crippen LogP contribution in [0.2, 0.25) is 0 Å². The predicted molar refractivity (Wildman–Crippen MR) is 73.9 cm³/mol. The molecule has 5 nitrogen and oxygen atoms in total. The average Bonchev–Trinajstić information content (AvgIpc) is 2.34. The van der Waals surface area contributed by atoms with Gasteiger partial charge in [0.25, 0.3) is 0 Å². The van der Waals surface area contributed by atoms with E-state index in [1.807, 2.05) is 0 Å². The van der Waals surface area contributed by atoms with Crippen LogP contribution in [-0.4, -0.2) is 33.8 Å². The van der Waals surface area contributed by atoms with Gasteiger partial charge in [-0.05, 0) is 37.6 Å². The molecule has 1 rings (SSSR count). The van der Waals surface area contributed by atoms with Gasteiger partial charge in [0.05, 0.1) is 11.5 Å². The number of carbonyl (C=O) groups excluding carboxylic acids is 1. The van der Waals surface area contributed by atoms with Gasteiger partial charge in [-0.1, -0.05) is 0 Å². The van der Waals surface area contributed by atoms with Gasteiger partial charge in [0.15, 0.2) is 9.84 Å². The Morgan fingerprint density at radius 3 is 2.42 bits per heavy atom. The molecular formula is C13H19NO4S. The number of esters is 1. The summed E-state index contributed by atoms with van der Waals surface area (Å²) in [6, 6.07) is 6.54. The van der Waals surface area contributed by atoms with Crippen LogP contribution in [0.25, 0.3) is 0 Å². The van der Waals surface area contributed by atoms with Gasteiger partial charge in [0.1, 0.15) is 0 Å². The molecule has 0 aromatic heterocycles. The van der Waals surface area contributed by atoms with Crippen LogP contribution in [0.3, 0.4) is 0 Å². The van der Waals surface area contributed by atoms with Crippen LogP contribution in [0, 0.1) is 0 Å². The largest absolute Gasteiger partial charge is 0.466 e. The summed E-state index contributed by atoms with van der Waals surface area (Å²) in [7, 11) is -3.15. The third-order valence-electron chi connectivity index (χ3n) is 2.47. The maximum atomic E-state index is 11.3. The van der Waals surface area contributed by atoms with Gasteiger partial charge in [-0.25, -0.2) is 8.42 Å². The first-order valence-corrected chi connectivity index (χ1v) is 8.02. The van der Waals surface area contributed by atoms with E-state index < -0.39 is 9.84 Å². The second-order valence-electron chi connectivity index (χ2n) is 4.13. The molecule has 0 unspecified atom stereocenters. The van der Waals surface area contributed by atoms with E-state index in [0.717, 1.165) is 5.69 Å². The summed E-state index contributed by atoms with van der Waals surface area (Å²) in [4.78, 5) is 11.4. The number of rotatable bonds is 7. The zero-order valence-electron chi connectivity index (χ0n) is 11.2. The molecule has 0 saturated carbocycles. The minimum absolute atomic E-state index is 0.197. The number of benzene rings is 1. The molecule has 0 bridgehead atoms. The van der Waals surface area contributed by atoms with Crippen molar-refractivity contribution in [3.05, 3.63) is 24.3 Å². The van der Waals surface area contributed by atoms with Gasteiger partial charge in [0.2, 0.25) is 0 Å². The van der Waals surface area contributed by atoms with Crippen LogP contribution >= 0.6 is 0 Å². The summed E-state index contributed by atoms with van der Waals surface area (Å²) in [6.07, 6.45) is 2.23. The Morgan fingerprint density at radius 2 is 1.89 bits per heavy atom. The van der Waals surface area contributed by atoms with E-state index in [4.69, 9.17) is 4.74 Å². The van der Waals surface area contributed by atoms with E-state index in [0.29, 0.717) is 30.9 Å². The van der Waals surface area contributed by atoms with Crippen molar-refractivity contribution in [1.82, 2.24) is 0 Å². The number of anilines is 1. The highest BCUT2D eigenvalue weighted by atomic mass is 32.2. The maximum Gasteiger partial charge on any atom is 0.305 e. The lowest BCUT2D eigenvalue weighted by Crippen LogP contribution is -2.08. The van der Waals surface area contributed by atoms with Gasteiger partial charge in [-0.3, -0.25) is 4.79 Å². The molecule has 0 aliphatic carbocycles. The molecule has 0 amide bonds. The molecule has 6 heteroatoms. The topological polar surface area (TPSA) is 72.5 Å². The maximum absolute atomic E-state index is 11.3. The molecule has 0 saturated heterocycles. The monoisotopic (exact) mass is 285 g/mol. The van der Waals surface area contributed by atoms with Crippen LogP contribution in [-0.2, 0) is 19.4 Å². The predicted octanol–water partition coefficient (Wildman–Crippen LogP) is 1.85. The Kier molecular flexibility index (Phi) is 5.82. The van der Waals surface area contributed by atoms with Crippen LogP contribution in [0.15, 0.2) is 29.2 Å². The molecule has 0 fully saturated rings. The minimum atomic E-state index is -3.15. The quantitative estimate of drug-likeness (QED) is 0.611. The molecule has 0 atom stereocenters. The molecule has 1 aromatic carbocycles. The second-order valence-corrected chi connectivity index (χ2v) is 6.15. The number of hydrogen-bond acceptors (Lipinski definition) is 5. The molecule has 106 valence electrons. The molecule has 0 aliphatic heterocycles. The van der Waals surface area contributed by atoms with Gasteiger partial charge >= 0.3 is 5.97 Å². The van der Waals surface area contributed by atoms with Crippen molar-refractivity contribution in [3.63, 3.8) is 0 Å². The Balaban J connectivity index is 2.37. The van der Waals surface area contributed by atoms with Crippen molar-refractivity contribution in [2.75, 3.05) is 24.7 Å². The highest BCUT2D eigenvalue weighted by Crippen LogP contribution is 2.13. The number of carbonyl (C=O) groups is 1. The standard InChI is InChI=1S/C13H19NO4S/c1-3-18-13(15)5-4-10-14-11-6-8-12(9-7-11)19(2,16)17/h6-9,14H,3-5,10H2,1-2H3. The third kappa shape index (κ3) is 5.74. The molecule has 1 aromatic rings. The second kappa shape index (κ2) is 7.13. The lowest BCUT2D eigenvalue weighted by Gasteiger charge is -2.07. The fourth-order valence-electron chi connectivity index (χ4n) is 1.52. The fourth-order valence-corrected chi connectivity index (χ4v) is 2.15. The van der Waals surface area contributed by atoms with Gasteiger partial charge in [-0.15, -0.1) is 0 Å². The van der Waals surface area contributed by atoms with E-state index in [1.54, 1.807) is 31.2 Å². The van der Waals surface area contributed by atoms with Crippen molar-refractivity contribution in [1.29, 1.82) is 0 Å². The minimum Gasteiger partial charge on any atom is -0.466 e. The summed E-state index contributed by atoms with van der Waals surface area (Å²) in [5.41, 5.74) is 0.830. The molecule has 1 N–H and O–H groups in total. The van der Waals surface area contributed by atoms with Crippen LogP contribution in [0.1, 0.15) is 19.8 Å². The zero-order valence-corrected chi connectivity index (χ0v) is 12.0. The molecule has 0 heterocycles. The molecule has 19 heavy (non-hydrogen) atoms. The van der Waals surface area contributed by atoms with Crippen molar-refractivity contribution in [3.8, 4) is 0 Å². The Labute approximate surface area is 113 Å². The highest BCUT2D eigenvalue weighted by molar-refractivity contribution is 7.90. The summed E-state index contributed by atoms with van der Waals surface area (Å²) < 4.78 is 27.4. The summed E-state index contributed by atoms with van der Waals surface area (Å²) in [5, 5.41) is 3.12. The van der Waals surface area contributed by atoms with E-state index in [9.17, 15) is 13.2 Å². The van der Waals surface area contributed by atoms with Crippen molar-refractivity contribution in [2.45, 2.75) is 24.7 Å². The van der Waals surface area contributed by atoms with Crippen LogP contribution in [0.4, 0.5) is 5.69 Å². The van der Waals surface area contributed by atoms with Crippen molar-refractivity contribution in [2.24, 2.45) is 0 Å².